The van der Waals surface area contributed by atoms with Crippen LogP contribution >= 0.6 is 0 Å². The average Bonchev–Trinajstić information content (AvgIpc) is 2.51. The molecule has 1 aromatic carbocycles. The number of fused-ring (bicyclic) bond motifs is 1. The van der Waals surface area contributed by atoms with Crippen molar-refractivity contribution in [3.63, 3.8) is 0 Å². The number of rotatable bonds is 3. The number of ether oxygens (including phenoxy) is 1. The van der Waals surface area contributed by atoms with Crippen LogP contribution < -0.4 is 10.3 Å². The van der Waals surface area contributed by atoms with E-state index in [1.165, 1.54) is 0 Å². The van der Waals surface area contributed by atoms with Crippen molar-refractivity contribution in [1.29, 1.82) is 0 Å². The second-order valence-electron chi connectivity index (χ2n) is 5.24. The molecule has 112 valence electrons. The van der Waals surface area contributed by atoms with Gasteiger partial charge in [0.1, 0.15) is 11.6 Å². The quantitative estimate of drug-likeness (QED) is 0.745. The third-order valence-electron chi connectivity index (χ3n) is 3.67. The molecule has 0 saturated carbocycles. The summed E-state index contributed by atoms with van der Waals surface area (Å²) in [6.07, 6.45) is 1.60. The van der Waals surface area contributed by atoms with Gasteiger partial charge in [-0.05, 0) is 37.6 Å². The minimum absolute atomic E-state index is 0.0641. The number of methoxy groups -OCH3 is 1. The van der Waals surface area contributed by atoms with Crippen molar-refractivity contribution in [2.24, 2.45) is 0 Å². The first-order valence-corrected chi connectivity index (χ1v) is 7.05. The Kier molecular flexibility index (Phi) is 3.63. The first-order chi connectivity index (χ1) is 10.6. The van der Waals surface area contributed by atoms with Gasteiger partial charge in [-0.1, -0.05) is 12.1 Å². The lowest BCUT2D eigenvalue weighted by Gasteiger charge is -2.11. The maximum atomic E-state index is 12.6. The Labute approximate surface area is 128 Å². The fourth-order valence-corrected chi connectivity index (χ4v) is 2.43. The van der Waals surface area contributed by atoms with Crippen molar-refractivity contribution in [3.8, 4) is 5.75 Å². The zero-order chi connectivity index (χ0) is 15.7. The lowest BCUT2D eigenvalue weighted by Crippen LogP contribution is -2.24. The van der Waals surface area contributed by atoms with Gasteiger partial charge in [-0.2, -0.15) is 0 Å². The van der Waals surface area contributed by atoms with E-state index in [0.717, 1.165) is 17.0 Å². The molecule has 0 unspecified atom stereocenters. The summed E-state index contributed by atoms with van der Waals surface area (Å²) in [6.45, 7) is 4.21. The monoisotopic (exact) mass is 295 g/mol. The molecule has 0 amide bonds. The summed E-state index contributed by atoms with van der Waals surface area (Å²) in [7, 11) is 1.63. The molecular weight excluding hydrogens is 278 g/mol. The predicted octanol–water partition coefficient (Wildman–Crippen LogP) is 2.47. The third kappa shape index (κ3) is 2.57. The largest absolute Gasteiger partial charge is 0.497 e. The minimum atomic E-state index is -0.0641. The van der Waals surface area contributed by atoms with Crippen LogP contribution in [0.1, 0.15) is 17.1 Å². The maximum Gasteiger partial charge on any atom is 0.263 e. The van der Waals surface area contributed by atoms with Crippen LogP contribution in [-0.4, -0.2) is 21.6 Å². The predicted molar refractivity (Wildman–Crippen MR) is 85.4 cm³/mol. The highest BCUT2D eigenvalue weighted by atomic mass is 16.5. The number of hydrogen-bond donors (Lipinski definition) is 0. The van der Waals surface area contributed by atoms with Crippen molar-refractivity contribution in [2.45, 2.75) is 20.4 Å². The maximum absolute atomic E-state index is 12.6. The van der Waals surface area contributed by atoms with E-state index in [4.69, 9.17) is 4.74 Å². The molecule has 0 radical (unpaired) electrons. The molecule has 3 aromatic rings. The number of nitrogens with zero attached hydrogens (tertiary/aromatic N) is 3. The van der Waals surface area contributed by atoms with Gasteiger partial charge in [0.2, 0.25) is 0 Å². The fraction of sp³-hybridized carbons (Fsp3) is 0.235. The second-order valence-corrected chi connectivity index (χ2v) is 5.24. The van der Waals surface area contributed by atoms with E-state index in [1.54, 1.807) is 17.9 Å². The molecule has 2 aromatic heterocycles. The van der Waals surface area contributed by atoms with Gasteiger partial charge in [0.05, 0.1) is 24.6 Å². The van der Waals surface area contributed by atoms with Gasteiger partial charge in [0.15, 0.2) is 0 Å². The fourth-order valence-electron chi connectivity index (χ4n) is 2.43. The molecule has 0 N–H and O–H groups in total. The molecule has 0 saturated heterocycles. The van der Waals surface area contributed by atoms with Crippen LogP contribution in [0, 0.1) is 13.8 Å². The van der Waals surface area contributed by atoms with Crippen LogP contribution in [0.5, 0.6) is 5.75 Å². The van der Waals surface area contributed by atoms with Crippen molar-refractivity contribution >= 4 is 10.9 Å². The first kappa shape index (κ1) is 14.3. The van der Waals surface area contributed by atoms with Crippen LogP contribution in [0.15, 0.2) is 41.3 Å². The molecule has 0 aliphatic carbocycles. The van der Waals surface area contributed by atoms with E-state index in [-0.39, 0.29) is 5.56 Å². The molecule has 2 heterocycles. The van der Waals surface area contributed by atoms with Crippen molar-refractivity contribution in [3.05, 3.63) is 64.0 Å². The Morgan fingerprint density at radius 3 is 2.59 bits per heavy atom. The Morgan fingerprint density at radius 2 is 1.91 bits per heavy atom. The molecule has 0 atom stereocenters. The topological polar surface area (TPSA) is 57.0 Å². The number of aromatic nitrogens is 3. The van der Waals surface area contributed by atoms with Gasteiger partial charge in [-0.15, -0.1) is 0 Å². The molecule has 0 fully saturated rings. The molecule has 0 spiro atoms. The molecule has 0 aliphatic rings. The van der Waals surface area contributed by atoms with E-state index in [0.29, 0.717) is 23.3 Å². The van der Waals surface area contributed by atoms with E-state index in [2.05, 4.69) is 9.97 Å². The molecule has 0 aliphatic heterocycles. The number of hydrogen-bond acceptors (Lipinski definition) is 4. The van der Waals surface area contributed by atoms with E-state index in [1.807, 2.05) is 44.2 Å². The summed E-state index contributed by atoms with van der Waals surface area (Å²) >= 11 is 0. The number of pyridine rings is 1. The van der Waals surface area contributed by atoms with Gasteiger partial charge in [0.25, 0.3) is 5.56 Å². The second kappa shape index (κ2) is 5.60. The first-order valence-electron chi connectivity index (χ1n) is 7.05. The Balaban J connectivity index is 2.06. The summed E-state index contributed by atoms with van der Waals surface area (Å²) in [5.74, 6) is 1.49. The van der Waals surface area contributed by atoms with Gasteiger partial charge < -0.3 is 4.74 Å². The summed E-state index contributed by atoms with van der Waals surface area (Å²) < 4.78 is 6.81. The van der Waals surface area contributed by atoms with Crippen molar-refractivity contribution in [1.82, 2.24) is 14.5 Å². The summed E-state index contributed by atoms with van der Waals surface area (Å²) in [4.78, 5) is 21.4. The number of benzene rings is 1. The Morgan fingerprint density at radius 1 is 1.18 bits per heavy atom. The van der Waals surface area contributed by atoms with E-state index in [9.17, 15) is 4.79 Å². The minimum Gasteiger partial charge on any atom is -0.497 e. The highest BCUT2D eigenvalue weighted by Crippen LogP contribution is 2.13. The van der Waals surface area contributed by atoms with Gasteiger partial charge in [0, 0.05) is 11.9 Å². The summed E-state index contributed by atoms with van der Waals surface area (Å²) in [5, 5.41) is 0.546. The van der Waals surface area contributed by atoms with Crippen LogP contribution in [0.25, 0.3) is 10.9 Å². The lowest BCUT2D eigenvalue weighted by atomic mass is 10.2. The van der Waals surface area contributed by atoms with Crippen molar-refractivity contribution in [2.75, 3.05) is 7.11 Å². The van der Waals surface area contributed by atoms with Crippen LogP contribution in [0.2, 0.25) is 0 Å². The normalized spacial score (nSPS) is 10.9. The van der Waals surface area contributed by atoms with E-state index >= 15 is 0 Å². The summed E-state index contributed by atoms with van der Waals surface area (Å²) in [5.41, 5.74) is 2.51. The van der Waals surface area contributed by atoms with Gasteiger partial charge in [-0.25, -0.2) is 4.98 Å². The van der Waals surface area contributed by atoms with Gasteiger partial charge in [-0.3, -0.25) is 14.3 Å². The zero-order valence-electron chi connectivity index (χ0n) is 12.8. The lowest BCUT2D eigenvalue weighted by molar-refractivity contribution is 0.414. The van der Waals surface area contributed by atoms with Crippen LogP contribution in [-0.2, 0) is 6.54 Å². The third-order valence-corrected chi connectivity index (χ3v) is 3.67. The summed E-state index contributed by atoms with van der Waals surface area (Å²) in [6, 6.07) is 9.50. The van der Waals surface area contributed by atoms with E-state index < -0.39 is 0 Å². The Bertz CT molecular complexity index is 883. The zero-order valence-corrected chi connectivity index (χ0v) is 12.8. The molecule has 22 heavy (non-hydrogen) atoms. The molecular formula is C17H17N3O2. The highest BCUT2D eigenvalue weighted by Gasteiger charge is 2.09. The van der Waals surface area contributed by atoms with Crippen molar-refractivity contribution < 1.29 is 4.74 Å². The molecule has 5 nitrogen and oxygen atoms in total. The molecule has 5 heteroatoms. The number of aryl methyl sites for hydroxylation is 2. The highest BCUT2D eigenvalue weighted by molar-refractivity contribution is 5.76. The average molecular weight is 295 g/mol. The molecule has 3 rings (SSSR count). The van der Waals surface area contributed by atoms with Crippen LogP contribution in [0.3, 0.4) is 0 Å². The molecule has 0 bridgehead atoms. The Hall–Kier alpha value is -2.69. The standard InChI is InChI=1S/C17H17N3O2/c1-11-8-16-15(9-18-11)17(21)20(12(2)19-16)10-13-4-6-14(22-3)7-5-13/h4-9H,10H2,1-3H3. The van der Waals surface area contributed by atoms with Crippen LogP contribution in [0.4, 0.5) is 0 Å². The smallest absolute Gasteiger partial charge is 0.263 e. The van der Waals surface area contributed by atoms with Gasteiger partial charge >= 0.3 is 0 Å². The SMILES string of the molecule is COc1ccc(Cn2c(C)nc3cc(C)ncc3c2=O)cc1.